The van der Waals surface area contributed by atoms with Gasteiger partial charge in [0.2, 0.25) is 10.0 Å². The molecule has 2 aliphatic rings. The van der Waals surface area contributed by atoms with Crippen LogP contribution in [0.3, 0.4) is 0 Å². The molecule has 2 saturated heterocycles. The van der Waals surface area contributed by atoms with Crippen molar-refractivity contribution in [1.82, 2.24) is 18.8 Å². The number of hydrogen-bond acceptors (Lipinski definition) is 6. The van der Waals surface area contributed by atoms with E-state index < -0.39 is 16.1 Å². The molecule has 37 heavy (non-hydrogen) atoms. The normalized spacial score (nSPS) is 17.3. The second kappa shape index (κ2) is 10.1. The number of carbonyl (C=O) groups excluding carboxylic acids is 2. The molecule has 0 aliphatic carbocycles. The first kappa shape index (κ1) is 25.2. The van der Waals surface area contributed by atoms with E-state index in [0.717, 1.165) is 42.7 Å². The number of amides is 2. The van der Waals surface area contributed by atoms with Crippen molar-refractivity contribution in [3.63, 3.8) is 0 Å². The highest BCUT2D eigenvalue weighted by molar-refractivity contribution is 7.89. The number of nitrogens with zero attached hydrogens (tertiary/aromatic N) is 4. The summed E-state index contributed by atoms with van der Waals surface area (Å²) >= 11 is 0. The van der Waals surface area contributed by atoms with Crippen LogP contribution in [0.1, 0.15) is 53.2 Å². The maximum Gasteiger partial charge on any atom is 0.411 e. The van der Waals surface area contributed by atoms with Gasteiger partial charge in [0.15, 0.2) is 0 Å². The molecule has 0 atom stereocenters. The van der Waals surface area contributed by atoms with Crippen LogP contribution in [-0.2, 0) is 14.8 Å². The number of anilines is 1. The average molecular weight is 526 g/mol. The zero-order valence-corrected chi connectivity index (χ0v) is 21.8. The molecule has 4 heterocycles. The van der Waals surface area contributed by atoms with E-state index in [1.54, 1.807) is 16.6 Å². The summed E-state index contributed by atoms with van der Waals surface area (Å²) in [7, 11) is -2.39. The highest BCUT2D eigenvalue weighted by Crippen LogP contribution is 2.32. The van der Waals surface area contributed by atoms with Crippen molar-refractivity contribution >= 4 is 33.2 Å². The van der Waals surface area contributed by atoms with Crippen LogP contribution in [0.25, 0.3) is 5.52 Å². The molecule has 3 aromatic rings. The Labute approximate surface area is 216 Å². The summed E-state index contributed by atoms with van der Waals surface area (Å²) in [5.74, 6) is 0.226. The number of rotatable bonds is 5. The van der Waals surface area contributed by atoms with E-state index in [4.69, 9.17) is 0 Å². The Hall–Kier alpha value is -3.44. The average Bonchev–Trinajstić information content (AvgIpc) is 3.56. The molecule has 10 nitrogen and oxygen atoms in total. The molecule has 2 aliphatic heterocycles. The molecule has 2 aromatic heterocycles. The number of ether oxygens (including phenoxy) is 1. The van der Waals surface area contributed by atoms with Gasteiger partial charge in [0.25, 0.3) is 5.91 Å². The predicted molar refractivity (Wildman–Crippen MR) is 138 cm³/mol. The molecule has 1 N–H and O–H groups in total. The van der Waals surface area contributed by atoms with E-state index >= 15 is 0 Å². The molecule has 0 spiro atoms. The van der Waals surface area contributed by atoms with E-state index in [9.17, 15) is 18.0 Å². The van der Waals surface area contributed by atoms with Crippen LogP contribution in [0, 0.1) is 6.92 Å². The van der Waals surface area contributed by atoms with Gasteiger partial charge in [0.05, 0.1) is 28.8 Å². The monoisotopic (exact) mass is 525 g/mol. The van der Waals surface area contributed by atoms with Gasteiger partial charge < -0.3 is 9.64 Å². The first-order chi connectivity index (χ1) is 17.8. The second-order valence-electron chi connectivity index (χ2n) is 9.57. The number of aryl methyl sites for hydroxylation is 1. The van der Waals surface area contributed by atoms with Gasteiger partial charge in [0.1, 0.15) is 0 Å². The molecule has 2 amide bonds. The van der Waals surface area contributed by atoms with Gasteiger partial charge in [-0.25, -0.2) is 17.7 Å². The molecule has 11 heteroatoms. The maximum absolute atomic E-state index is 13.2. The smallest absolute Gasteiger partial charge is 0.411 e. The number of hydrogen-bond donors (Lipinski definition) is 1. The van der Waals surface area contributed by atoms with E-state index in [1.165, 1.54) is 23.5 Å². The fourth-order valence-electron chi connectivity index (χ4n) is 5.23. The van der Waals surface area contributed by atoms with E-state index in [-0.39, 0.29) is 16.7 Å². The molecule has 0 unspecified atom stereocenters. The molecule has 196 valence electrons. The highest BCUT2D eigenvalue weighted by atomic mass is 32.2. The van der Waals surface area contributed by atoms with Crippen molar-refractivity contribution in [2.45, 2.75) is 43.4 Å². The number of methoxy groups -OCH3 is 1. The lowest BCUT2D eigenvalue weighted by atomic mass is 9.90. The second-order valence-corrected chi connectivity index (χ2v) is 11.5. The molecular weight excluding hydrogens is 494 g/mol. The Bertz CT molecular complexity index is 1420. The van der Waals surface area contributed by atoms with Gasteiger partial charge in [-0.05, 0) is 80.5 Å². The molecule has 1 aromatic carbocycles. The van der Waals surface area contributed by atoms with Crippen LogP contribution in [0.15, 0.2) is 47.5 Å². The van der Waals surface area contributed by atoms with Crippen molar-refractivity contribution < 1.29 is 22.7 Å². The van der Waals surface area contributed by atoms with E-state index in [2.05, 4.69) is 15.2 Å². The molecule has 2 fully saturated rings. The van der Waals surface area contributed by atoms with Gasteiger partial charge in [0, 0.05) is 38.1 Å². The van der Waals surface area contributed by atoms with Gasteiger partial charge >= 0.3 is 6.09 Å². The minimum atomic E-state index is -3.65. The van der Waals surface area contributed by atoms with Crippen molar-refractivity contribution in [2.75, 3.05) is 38.6 Å². The summed E-state index contributed by atoms with van der Waals surface area (Å²) in [6, 6.07) is 10.1. The summed E-state index contributed by atoms with van der Waals surface area (Å²) in [4.78, 5) is 26.6. The number of likely N-dealkylation sites (tertiary alicyclic amines) is 1. The standard InChI is InChI=1S/C26H31N5O5S/c1-18-24(25(32)29-12-3-4-13-29)23-17-20(11-16-31(23)28-18)19-9-14-30(15-10-19)37(34,35)22-7-5-21(6-8-22)27-26(33)36-2/h5-8,11,16-17,19H,3-4,9-10,12-15H2,1-2H3,(H,27,33). The number of sulfonamides is 1. The van der Waals surface area contributed by atoms with Crippen molar-refractivity contribution in [3.05, 3.63) is 59.4 Å². The van der Waals surface area contributed by atoms with Crippen molar-refractivity contribution in [2.24, 2.45) is 0 Å². The minimum absolute atomic E-state index is 0.0378. The summed E-state index contributed by atoms with van der Waals surface area (Å²) in [5.41, 5.74) is 3.75. The van der Waals surface area contributed by atoms with E-state index in [0.29, 0.717) is 37.2 Å². The van der Waals surface area contributed by atoms with Gasteiger partial charge in [-0.3, -0.25) is 10.1 Å². The van der Waals surface area contributed by atoms with Crippen LogP contribution in [0.5, 0.6) is 0 Å². The largest absolute Gasteiger partial charge is 0.453 e. The zero-order valence-electron chi connectivity index (χ0n) is 21.0. The highest BCUT2D eigenvalue weighted by Gasteiger charge is 2.31. The lowest BCUT2D eigenvalue weighted by Crippen LogP contribution is -2.37. The number of fused-ring (bicyclic) bond motifs is 1. The van der Waals surface area contributed by atoms with Crippen LogP contribution in [-0.4, -0.2) is 72.5 Å². The Kier molecular flexibility index (Phi) is 6.91. The van der Waals surface area contributed by atoms with Crippen LogP contribution in [0.4, 0.5) is 10.5 Å². The lowest BCUT2D eigenvalue weighted by Gasteiger charge is -2.31. The third kappa shape index (κ3) is 4.93. The zero-order chi connectivity index (χ0) is 26.2. The maximum atomic E-state index is 13.2. The summed E-state index contributed by atoms with van der Waals surface area (Å²) in [5, 5.41) is 7.06. The Morgan fingerprint density at radius 1 is 1.03 bits per heavy atom. The SMILES string of the molecule is COC(=O)Nc1ccc(S(=O)(=O)N2CCC(c3ccn4nc(C)c(C(=O)N5CCCC5)c4c3)CC2)cc1. The summed E-state index contributed by atoms with van der Waals surface area (Å²) in [6.07, 6.45) is 4.71. The Morgan fingerprint density at radius 3 is 2.35 bits per heavy atom. The van der Waals surface area contributed by atoms with Gasteiger partial charge in [-0.2, -0.15) is 9.40 Å². The first-order valence-electron chi connectivity index (χ1n) is 12.5. The van der Waals surface area contributed by atoms with Gasteiger partial charge in [-0.1, -0.05) is 0 Å². The first-order valence-corrected chi connectivity index (χ1v) is 14.0. The molecule has 0 saturated carbocycles. The Morgan fingerprint density at radius 2 is 1.70 bits per heavy atom. The summed E-state index contributed by atoms with van der Waals surface area (Å²) in [6.45, 7) is 4.24. The third-order valence-corrected chi connectivity index (χ3v) is 9.20. The van der Waals surface area contributed by atoms with Crippen molar-refractivity contribution in [3.8, 4) is 0 Å². The number of aromatic nitrogens is 2. The van der Waals surface area contributed by atoms with Gasteiger partial charge in [-0.15, -0.1) is 0 Å². The number of benzene rings is 1. The minimum Gasteiger partial charge on any atom is -0.453 e. The summed E-state index contributed by atoms with van der Waals surface area (Å²) < 4.78 is 34.2. The molecule has 5 rings (SSSR count). The topological polar surface area (TPSA) is 113 Å². The predicted octanol–water partition coefficient (Wildman–Crippen LogP) is 3.63. The lowest BCUT2D eigenvalue weighted by molar-refractivity contribution is 0.0794. The molecular formula is C26H31N5O5S. The number of piperidine rings is 1. The van der Waals surface area contributed by atoms with Crippen LogP contribution >= 0.6 is 0 Å². The molecule has 0 radical (unpaired) electrons. The molecule has 0 bridgehead atoms. The quantitative estimate of drug-likeness (QED) is 0.544. The number of pyridine rings is 1. The Balaban J connectivity index is 1.30. The van der Waals surface area contributed by atoms with Crippen LogP contribution in [0.2, 0.25) is 0 Å². The number of carbonyl (C=O) groups is 2. The number of nitrogens with one attached hydrogen (secondary N) is 1. The fourth-order valence-corrected chi connectivity index (χ4v) is 6.70. The van der Waals surface area contributed by atoms with Crippen LogP contribution < -0.4 is 5.32 Å². The van der Waals surface area contributed by atoms with E-state index in [1.807, 2.05) is 30.2 Å². The van der Waals surface area contributed by atoms with Crippen molar-refractivity contribution in [1.29, 1.82) is 0 Å². The fraction of sp³-hybridized carbons (Fsp3) is 0.423. The third-order valence-electron chi connectivity index (χ3n) is 7.29.